The van der Waals surface area contributed by atoms with E-state index in [4.69, 9.17) is 0 Å². The van der Waals surface area contributed by atoms with Crippen molar-refractivity contribution in [3.63, 3.8) is 0 Å². The van der Waals surface area contributed by atoms with E-state index >= 15 is 0 Å². The highest BCUT2D eigenvalue weighted by Crippen LogP contribution is 2.29. The first-order valence-electron chi connectivity index (χ1n) is 5.80. The first-order valence-corrected chi connectivity index (χ1v) is 8.63. The van der Waals surface area contributed by atoms with Crippen LogP contribution >= 0.6 is 0 Å². The highest BCUT2D eigenvalue weighted by atomic mass is 28.3. The van der Waals surface area contributed by atoms with Crippen molar-refractivity contribution in [3.05, 3.63) is 0 Å². The third-order valence-corrected chi connectivity index (χ3v) is 8.58. The summed E-state index contributed by atoms with van der Waals surface area (Å²) in [7, 11) is -1.52. The van der Waals surface area contributed by atoms with E-state index in [0.717, 1.165) is 37.4 Å². The van der Waals surface area contributed by atoms with E-state index in [0.29, 0.717) is 6.04 Å². The summed E-state index contributed by atoms with van der Waals surface area (Å²) in [5, 5.41) is 10.8. The Labute approximate surface area is 88.7 Å². The molecule has 0 amide bonds. The highest BCUT2D eigenvalue weighted by Gasteiger charge is 2.29. The molecule has 0 aromatic carbocycles. The monoisotopic (exact) mass is 215 g/mol. The number of hydrogen-bond donors (Lipinski definition) is 0. The van der Waals surface area contributed by atoms with Crippen LogP contribution in [-0.2, 0) is 4.79 Å². The predicted molar refractivity (Wildman–Crippen MR) is 60.9 cm³/mol. The van der Waals surface area contributed by atoms with Crippen LogP contribution in [0.2, 0.25) is 24.2 Å². The lowest BCUT2D eigenvalue weighted by Crippen LogP contribution is -2.40. The number of hydrogen-bond acceptors (Lipinski definition) is 2. The molecule has 0 aromatic rings. The van der Waals surface area contributed by atoms with Crippen LogP contribution in [-0.4, -0.2) is 14.0 Å². The maximum absolute atomic E-state index is 10.8. The van der Waals surface area contributed by atoms with Gasteiger partial charge in [0.1, 0.15) is 0 Å². The SMILES string of the molecule is CCC[Si](CCC)(CCC)CC(=O)[O-]. The van der Waals surface area contributed by atoms with Crippen molar-refractivity contribution < 1.29 is 9.90 Å². The Morgan fingerprint density at radius 1 is 1.00 bits per heavy atom. The van der Waals surface area contributed by atoms with Crippen molar-refractivity contribution in [3.8, 4) is 0 Å². The lowest BCUT2D eigenvalue weighted by molar-refractivity contribution is -0.302. The zero-order valence-electron chi connectivity index (χ0n) is 9.77. The van der Waals surface area contributed by atoms with Gasteiger partial charge in [-0.3, -0.25) is 0 Å². The number of carbonyl (C=O) groups is 1. The van der Waals surface area contributed by atoms with Gasteiger partial charge in [0, 0.05) is 5.97 Å². The lowest BCUT2D eigenvalue weighted by Gasteiger charge is -2.31. The number of rotatable bonds is 8. The second-order valence-corrected chi connectivity index (χ2v) is 9.15. The van der Waals surface area contributed by atoms with Crippen LogP contribution in [0.5, 0.6) is 0 Å². The van der Waals surface area contributed by atoms with Gasteiger partial charge < -0.3 is 9.90 Å². The Morgan fingerprint density at radius 2 is 1.36 bits per heavy atom. The van der Waals surface area contributed by atoms with E-state index in [1.54, 1.807) is 0 Å². The largest absolute Gasteiger partial charge is 0.550 e. The smallest absolute Gasteiger partial charge is 0.0593 e. The molecule has 0 aliphatic carbocycles. The van der Waals surface area contributed by atoms with Crippen molar-refractivity contribution in [1.82, 2.24) is 0 Å². The Morgan fingerprint density at radius 3 is 1.57 bits per heavy atom. The van der Waals surface area contributed by atoms with Crippen molar-refractivity contribution >= 4 is 14.0 Å². The summed E-state index contributed by atoms with van der Waals surface area (Å²) < 4.78 is 0. The molecule has 0 aromatic heterocycles. The van der Waals surface area contributed by atoms with Gasteiger partial charge in [-0.1, -0.05) is 58.2 Å². The minimum atomic E-state index is -1.52. The van der Waals surface area contributed by atoms with Gasteiger partial charge in [0.05, 0.1) is 8.07 Å². The Bertz CT molecular complexity index is 152. The zero-order valence-corrected chi connectivity index (χ0v) is 10.8. The fourth-order valence-corrected chi connectivity index (χ4v) is 7.61. The van der Waals surface area contributed by atoms with Crippen molar-refractivity contribution in [2.24, 2.45) is 0 Å². The topological polar surface area (TPSA) is 40.1 Å². The zero-order chi connectivity index (χ0) is 11.0. The Balaban J connectivity index is 4.45. The first kappa shape index (κ1) is 13.7. The molecule has 0 atom stereocenters. The van der Waals surface area contributed by atoms with Gasteiger partial charge in [0.25, 0.3) is 0 Å². The summed E-state index contributed by atoms with van der Waals surface area (Å²) in [6, 6.07) is 3.84. The van der Waals surface area contributed by atoms with Crippen LogP contribution in [0.25, 0.3) is 0 Å². The normalized spacial score (nSPS) is 11.6. The molecule has 0 saturated heterocycles. The minimum Gasteiger partial charge on any atom is -0.550 e. The average molecular weight is 215 g/mol. The molecule has 2 nitrogen and oxygen atoms in total. The van der Waals surface area contributed by atoms with Crippen LogP contribution in [0, 0.1) is 0 Å². The minimum absolute atomic E-state index is 0.377. The summed E-state index contributed by atoms with van der Waals surface area (Å²) in [6.45, 7) is 6.47. The van der Waals surface area contributed by atoms with Gasteiger partial charge in [-0.25, -0.2) is 0 Å². The Kier molecular flexibility index (Phi) is 6.88. The van der Waals surface area contributed by atoms with E-state index < -0.39 is 14.0 Å². The fourth-order valence-electron chi connectivity index (χ4n) is 2.54. The van der Waals surface area contributed by atoms with Gasteiger partial charge in [-0.05, 0) is 6.04 Å². The van der Waals surface area contributed by atoms with Crippen molar-refractivity contribution in [2.75, 3.05) is 0 Å². The molecule has 0 aliphatic rings. The van der Waals surface area contributed by atoms with Gasteiger partial charge in [0.2, 0.25) is 0 Å². The lowest BCUT2D eigenvalue weighted by atomic mass is 10.5. The van der Waals surface area contributed by atoms with E-state index in [1.165, 1.54) is 0 Å². The van der Waals surface area contributed by atoms with Gasteiger partial charge in [0.15, 0.2) is 0 Å². The predicted octanol–water partition coefficient (Wildman–Crippen LogP) is 2.42. The van der Waals surface area contributed by atoms with Crippen molar-refractivity contribution in [1.29, 1.82) is 0 Å². The summed E-state index contributed by atoms with van der Waals surface area (Å²) in [5.74, 6) is -0.827. The van der Waals surface area contributed by atoms with Crippen LogP contribution in [0.1, 0.15) is 40.0 Å². The third-order valence-electron chi connectivity index (χ3n) is 2.86. The molecule has 0 unspecified atom stereocenters. The highest BCUT2D eigenvalue weighted by molar-refractivity contribution is 6.82. The molecule has 0 heterocycles. The molecule has 0 N–H and O–H groups in total. The summed E-state index contributed by atoms with van der Waals surface area (Å²) in [6.07, 6.45) is 3.37. The summed E-state index contributed by atoms with van der Waals surface area (Å²) >= 11 is 0. The average Bonchev–Trinajstić information content (AvgIpc) is 2.03. The number of carboxylic acids is 1. The summed E-state index contributed by atoms with van der Waals surface area (Å²) in [5.41, 5.74) is 0. The van der Waals surface area contributed by atoms with Gasteiger partial charge >= 0.3 is 0 Å². The molecule has 3 heteroatoms. The van der Waals surface area contributed by atoms with Gasteiger partial charge in [-0.2, -0.15) is 0 Å². The molecule has 0 radical (unpaired) electrons. The van der Waals surface area contributed by atoms with Crippen LogP contribution < -0.4 is 5.11 Å². The number of carboxylic acid groups (broad SMARTS) is 1. The third kappa shape index (κ3) is 4.79. The number of aliphatic carboxylic acids is 1. The maximum atomic E-state index is 10.8. The maximum Gasteiger partial charge on any atom is 0.0593 e. The first-order chi connectivity index (χ1) is 6.60. The molecule has 0 spiro atoms. The standard InChI is InChI=1S/C11H24O2Si/c1-4-7-14(8-5-2,9-6-3)10-11(12)13/h4-10H2,1-3H3,(H,12,13)/p-1. The molecule has 14 heavy (non-hydrogen) atoms. The van der Waals surface area contributed by atoms with E-state index in [2.05, 4.69) is 20.8 Å². The number of carbonyl (C=O) groups excluding carboxylic acids is 1. The van der Waals surface area contributed by atoms with Crippen LogP contribution in [0.4, 0.5) is 0 Å². The fraction of sp³-hybridized carbons (Fsp3) is 0.909. The van der Waals surface area contributed by atoms with Crippen molar-refractivity contribution in [2.45, 2.75) is 64.2 Å². The van der Waals surface area contributed by atoms with Crippen LogP contribution in [0.3, 0.4) is 0 Å². The molecule has 84 valence electrons. The Hall–Kier alpha value is -0.313. The van der Waals surface area contributed by atoms with E-state index in [9.17, 15) is 9.90 Å². The molecule has 0 saturated carbocycles. The molecular formula is C11H23O2Si-. The molecule has 0 rings (SSSR count). The molecule has 0 aliphatic heterocycles. The van der Waals surface area contributed by atoms with E-state index in [-0.39, 0.29) is 0 Å². The summed E-state index contributed by atoms with van der Waals surface area (Å²) in [4.78, 5) is 10.8. The molecular weight excluding hydrogens is 192 g/mol. The van der Waals surface area contributed by atoms with Gasteiger partial charge in [-0.15, -0.1) is 0 Å². The van der Waals surface area contributed by atoms with E-state index in [1.807, 2.05) is 0 Å². The quantitative estimate of drug-likeness (QED) is 0.583. The second kappa shape index (κ2) is 7.04. The van der Waals surface area contributed by atoms with Crippen LogP contribution in [0.15, 0.2) is 0 Å². The molecule has 0 fully saturated rings. The molecule has 0 bridgehead atoms. The second-order valence-electron chi connectivity index (χ2n) is 4.30.